The number of amides is 4. The van der Waals surface area contributed by atoms with Crippen molar-refractivity contribution in [1.82, 2.24) is 15.2 Å². The predicted octanol–water partition coefficient (Wildman–Crippen LogP) is 4.95. The molecule has 5 rings (SSSR count). The molecule has 0 bridgehead atoms. The maximum Gasteiger partial charge on any atom is 0.325 e. The summed E-state index contributed by atoms with van der Waals surface area (Å²) in [5.74, 6) is -0.514. The first-order chi connectivity index (χ1) is 16.4. The molecule has 2 heterocycles. The topological polar surface area (TPSA) is 82.6 Å². The molecule has 1 aliphatic heterocycles. The smallest absolute Gasteiger partial charge is 0.319 e. The van der Waals surface area contributed by atoms with Crippen LogP contribution in [0.2, 0.25) is 0 Å². The Hall–Kier alpha value is -4.04. The summed E-state index contributed by atoms with van der Waals surface area (Å²) in [7, 11) is 0. The van der Waals surface area contributed by atoms with E-state index in [1.807, 2.05) is 72.8 Å². The molecule has 0 saturated carbocycles. The highest BCUT2D eigenvalue weighted by atomic mass is 32.1. The largest absolute Gasteiger partial charge is 0.325 e. The van der Waals surface area contributed by atoms with Crippen LogP contribution in [0.5, 0.6) is 0 Å². The number of thiazole rings is 1. The van der Waals surface area contributed by atoms with E-state index < -0.39 is 11.6 Å². The molecular formula is C26H22N4O3S. The predicted molar refractivity (Wildman–Crippen MR) is 132 cm³/mol. The summed E-state index contributed by atoms with van der Waals surface area (Å²) in [5.41, 5.74) is 0.788. The van der Waals surface area contributed by atoms with Crippen LogP contribution in [0.25, 0.3) is 10.8 Å². The molecule has 8 heteroatoms. The molecule has 1 N–H and O–H groups in total. The molecule has 1 unspecified atom stereocenters. The van der Waals surface area contributed by atoms with Gasteiger partial charge >= 0.3 is 6.03 Å². The van der Waals surface area contributed by atoms with Gasteiger partial charge in [-0.05, 0) is 41.5 Å². The van der Waals surface area contributed by atoms with E-state index in [1.54, 1.807) is 12.3 Å². The quantitative estimate of drug-likeness (QED) is 0.419. The highest BCUT2D eigenvalue weighted by Crippen LogP contribution is 2.33. The molecule has 0 spiro atoms. The molecular weight excluding hydrogens is 448 g/mol. The lowest BCUT2D eigenvalue weighted by Gasteiger charge is -2.22. The molecule has 4 aromatic rings. The van der Waals surface area contributed by atoms with E-state index in [-0.39, 0.29) is 18.4 Å². The molecule has 4 amide bonds. The van der Waals surface area contributed by atoms with Gasteiger partial charge in [0.25, 0.3) is 5.91 Å². The third kappa shape index (κ3) is 3.72. The third-order valence-electron chi connectivity index (χ3n) is 5.98. The summed E-state index contributed by atoms with van der Waals surface area (Å²) in [6, 6.07) is 22.4. The van der Waals surface area contributed by atoms with Crippen molar-refractivity contribution in [2.24, 2.45) is 0 Å². The normalized spacial score (nSPS) is 17.8. The van der Waals surface area contributed by atoms with Crippen molar-refractivity contribution in [2.75, 3.05) is 4.90 Å². The summed E-state index contributed by atoms with van der Waals surface area (Å²) < 4.78 is 0. The number of carbonyl (C=O) groups excluding carboxylic acids is 3. The number of anilines is 2. The number of fused-ring (bicyclic) bond motifs is 1. The van der Waals surface area contributed by atoms with Crippen LogP contribution in [0.4, 0.5) is 15.6 Å². The first-order valence-electron chi connectivity index (χ1n) is 10.8. The monoisotopic (exact) mass is 470 g/mol. The van der Waals surface area contributed by atoms with E-state index in [2.05, 4.69) is 10.3 Å². The second-order valence-corrected chi connectivity index (χ2v) is 9.16. The number of urea groups is 1. The second-order valence-electron chi connectivity index (χ2n) is 8.32. The van der Waals surface area contributed by atoms with Crippen molar-refractivity contribution < 1.29 is 14.4 Å². The van der Waals surface area contributed by atoms with Gasteiger partial charge in [-0.15, -0.1) is 11.3 Å². The van der Waals surface area contributed by atoms with Crippen LogP contribution in [0.3, 0.4) is 0 Å². The van der Waals surface area contributed by atoms with Crippen molar-refractivity contribution >= 4 is 50.8 Å². The third-order valence-corrected chi connectivity index (χ3v) is 6.86. The average Bonchev–Trinajstić information content (AvgIpc) is 3.38. The molecule has 1 aromatic heterocycles. The van der Waals surface area contributed by atoms with Crippen molar-refractivity contribution in [3.8, 4) is 0 Å². The van der Waals surface area contributed by atoms with E-state index in [9.17, 15) is 14.4 Å². The molecule has 170 valence electrons. The van der Waals surface area contributed by atoms with Gasteiger partial charge < -0.3 is 5.32 Å². The van der Waals surface area contributed by atoms with Crippen LogP contribution >= 0.6 is 11.3 Å². The fourth-order valence-corrected chi connectivity index (χ4v) is 5.05. The highest BCUT2D eigenvalue weighted by molar-refractivity contribution is 7.14. The van der Waals surface area contributed by atoms with E-state index in [0.29, 0.717) is 16.5 Å². The van der Waals surface area contributed by atoms with Crippen LogP contribution in [-0.2, 0) is 21.7 Å². The average molecular weight is 471 g/mol. The van der Waals surface area contributed by atoms with Crippen LogP contribution in [0, 0.1) is 0 Å². The number of para-hydroxylation sites is 1. The lowest BCUT2D eigenvalue weighted by atomic mass is 9.90. The first kappa shape index (κ1) is 21.8. The maximum absolute atomic E-state index is 13.4. The Morgan fingerprint density at radius 3 is 2.47 bits per heavy atom. The van der Waals surface area contributed by atoms with Gasteiger partial charge in [0.05, 0.1) is 17.9 Å². The highest BCUT2D eigenvalue weighted by Gasteiger charge is 2.49. The lowest BCUT2D eigenvalue weighted by molar-refractivity contribution is -0.131. The minimum atomic E-state index is -1.17. The number of aromatic nitrogens is 1. The fraction of sp³-hybridized carbons (Fsp3) is 0.154. The summed E-state index contributed by atoms with van der Waals surface area (Å²) in [6.07, 6.45) is 0. The van der Waals surface area contributed by atoms with Gasteiger partial charge in [0.15, 0.2) is 5.13 Å². The molecule has 1 fully saturated rings. The second kappa shape index (κ2) is 8.39. The van der Waals surface area contributed by atoms with Crippen LogP contribution in [0.1, 0.15) is 25.1 Å². The standard InChI is InChI=1S/C26H22N4O3S/c1-17(31)30(22-10-4-3-5-11-22)25-27-21(16-34-25)15-29-23(32)26(2,28-24(29)33)20-13-12-18-8-6-7-9-19(18)14-20/h3-14,16H,15H2,1-2H3,(H,28,33). The van der Waals surface area contributed by atoms with Gasteiger partial charge in [0.2, 0.25) is 5.91 Å². The number of nitrogens with zero attached hydrogens (tertiary/aromatic N) is 3. The minimum absolute atomic E-state index is 0.0187. The first-order valence-corrected chi connectivity index (χ1v) is 11.7. The molecule has 1 aliphatic rings. The number of benzene rings is 3. The number of hydrogen-bond donors (Lipinski definition) is 1. The van der Waals surface area contributed by atoms with Crippen molar-refractivity contribution in [1.29, 1.82) is 0 Å². The summed E-state index contributed by atoms with van der Waals surface area (Å²) in [5, 5.41) is 7.16. The Morgan fingerprint density at radius 1 is 1.03 bits per heavy atom. The number of rotatable bonds is 5. The van der Waals surface area contributed by atoms with Gasteiger partial charge in [-0.3, -0.25) is 19.4 Å². The Morgan fingerprint density at radius 2 is 1.74 bits per heavy atom. The summed E-state index contributed by atoms with van der Waals surface area (Å²) >= 11 is 1.29. The minimum Gasteiger partial charge on any atom is -0.319 e. The lowest BCUT2D eigenvalue weighted by Crippen LogP contribution is -2.40. The number of imide groups is 1. The van der Waals surface area contributed by atoms with Gasteiger partial charge in [-0.2, -0.15) is 0 Å². The van der Waals surface area contributed by atoms with E-state index >= 15 is 0 Å². The Labute approximate surface area is 200 Å². The Balaban J connectivity index is 1.40. The molecule has 34 heavy (non-hydrogen) atoms. The summed E-state index contributed by atoms with van der Waals surface area (Å²) in [6.45, 7) is 3.21. The molecule has 0 radical (unpaired) electrons. The fourth-order valence-electron chi connectivity index (χ4n) is 4.17. The van der Waals surface area contributed by atoms with Crippen molar-refractivity contribution in [3.05, 3.63) is 89.4 Å². The van der Waals surface area contributed by atoms with Gasteiger partial charge in [-0.25, -0.2) is 9.78 Å². The zero-order valence-electron chi connectivity index (χ0n) is 18.7. The van der Waals surface area contributed by atoms with Crippen molar-refractivity contribution in [3.63, 3.8) is 0 Å². The molecule has 1 atom stereocenters. The van der Waals surface area contributed by atoms with Gasteiger partial charge in [0.1, 0.15) is 5.54 Å². The Kier molecular flexibility index (Phi) is 5.37. The zero-order valence-corrected chi connectivity index (χ0v) is 19.5. The van der Waals surface area contributed by atoms with Gasteiger partial charge in [0, 0.05) is 12.3 Å². The van der Waals surface area contributed by atoms with E-state index in [4.69, 9.17) is 0 Å². The number of hydrogen-bond acceptors (Lipinski definition) is 5. The molecule has 7 nitrogen and oxygen atoms in total. The SMILES string of the molecule is CC(=O)N(c1ccccc1)c1nc(CN2C(=O)NC(C)(c3ccc4ccccc4c3)C2=O)cs1. The van der Waals surface area contributed by atoms with Crippen LogP contribution < -0.4 is 10.2 Å². The summed E-state index contributed by atoms with van der Waals surface area (Å²) in [4.78, 5) is 45.8. The molecule has 0 aliphatic carbocycles. The van der Waals surface area contributed by atoms with Crippen molar-refractivity contribution in [2.45, 2.75) is 25.9 Å². The number of nitrogens with one attached hydrogen (secondary N) is 1. The maximum atomic E-state index is 13.4. The van der Waals surface area contributed by atoms with Crippen LogP contribution in [-0.4, -0.2) is 27.7 Å². The zero-order chi connectivity index (χ0) is 23.9. The molecule has 1 saturated heterocycles. The van der Waals surface area contributed by atoms with Gasteiger partial charge in [-0.1, -0.05) is 54.6 Å². The Bertz CT molecular complexity index is 1420. The van der Waals surface area contributed by atoms with E-state index in [0.717, 1.165) is 16.3 Å². The van der Waals surface area contributed by atoms with E-state index in [1.165, 1.54) is 28.1 Å². The molecule has 3 aromatic carbocycles. The van der Waals surface area contributed by atoms with Crippen LogP contribution in [0.15, 0.2) is 78.2 Å². The number of carbonyl (C=O) groups is 3.